The minimum Gasteiger partial charge on any atom is -0.382 e. The Labute approximate surface area is 122 Å². The molecule has 0 aliphatic carbocycles. The van der Waals surface area contributed by atoms with E-state index in [9.17, 15) is 4.39 Å². The van der Waals surface area contributed by atoms with Crippen LogP contribution < -0.4 is 0 Å². The Morgan fingerprint density at radius 2 is 2.15 bits per heavy atom. The fraction of sp³-hybridized carbons (Fsp3) is 0.500. The van der Waals surface area contributed by atoms with Gasteiger partial charge in [-0.05, 0) is 18.2 Å². The van der Waals surface area contributed by atoms with Gasteiger partial charge in [-0.1, -0.05) is 0 Å². The van der Waals surface area contributed by atoms with Gasteiger partial charge in [-0.3, -0.25) is 0 Å². The number of benzene rings is 1. The number of ether oxygens (including phenoxy) is 2. The Balaban J connectivity index is 2.15. The highest BCUT2D eigenvalue weighted by molar-refractivity contribution is 6.17. The van der Waals surface area contributed by atoms with E-state index in [1.807, 2.05) is 4.57 Å². The van der Waals surface area contributed by atoms with E-state index in [4.69, 9.17) is 21.1 Å². The number of fused-ring (bicyclic) bond motifs is 1. The molecule has 0 unspecified atom stereocenters. The Bertz CT molecular complexity index is 559. The Kier molecular flexibility index (Phi) is 5.76. The molecule has 0 aliphatic heterocycles. The number of methoxy groups -OCH3 is 1. The molecule has 0 saturated heterocycles. The summed E-state index contributed by atoms with van der Waals surface area (Å²) in [6.07, 6.45) is 0.649. The molecule has 0 fully saturated rings. The molecular weight excluding hydrogens is 283 g/mol. The third-order valence-corrected chi connectivity index (χ3v) is 3.19. The molecule has 6 heteroatoms. The van der Waals surface area contributed by atoms with E-state index in [0.29, 0.717) is 38.7 Å². The van der Waals surface area contributed by atoms with Gasteiger partial charge in [0.1, 0.15) is 11.6 Å². The summed E-state index contributed by atoms with van der Waals surface area (Å²) in [5.41, 5.74) is 1.56. The number of halogens is 2. The van der Waals surface area contributed by atoms with Crippen LogP contribution in [0.2, 0.25) is 0 Å². The van der Waals surface area contributed by atoms with Gasteiger partial charge in [0.25, 0.3) is 0 Å². The zero-order chi connectivity index (χ0) is 14.4. The lowest BCUT2D eigenvalue weighted by molar-refractivity contribution is 0.0667. The average Bonchev–Trinajstić information content (AvgIpc) is 2.76. The molecule has 0 spiro atoms. The van der Waals surface area contributed by atoms with Crippen LogP contribution in [-0.2, 0) is 22.4 Å². The first-order chi connectivity index (χ1) is 9.76. The standard InChI is InChI=1S/C14H18ClFN2O2/c1-19-8-9-20-7-6-18-13-10-11(16)2-3-12(13)17-14(18)4-5-15/h2-3,10H,4-9H2,1H3. The first kappa shape index (κ1) is 15.2. The molecule has 2 aromatic rings. The van der Waals surface area contributed by atoms with Crippen molar-refractivity contribution in [2.75, 3.05) is 32.8 Å². The summed E-state index contributed by atoms with van der Waals surface area (Å²) in [6.45, 7) is 2.26. The number of aryl methyl sites for hydroxylation is 1. The van der Waals surface area contributed by atoms with E-state index in [1.165, 1.54) is 12.1 Å². The Morgan fingerprint density at radius 1 is 1.30 bits per heavy atom. The lowest BCUT2D eigenvalue weighted by Gasteiger charge is -2.09. The van der Waals surface area contributed by atoms with Crippen LogP contribution in [0.15, 0.2) is 18.2 Å². The van der Waals surface area contributed by atoms with E-state index in [2.05, 4.69) is 4.98 Å². The van der Waals surface area contributed by atoms with E-state index >= 15 is 0 Å². The summed E-state index contributed by atoms with van der Waals surface area (Å²) in [5, 5.41) is 0. The minimum absolute atomic E-state index is 0.267. The fourth-order valence-electron chi connectivity index (χ4n) is 2.07. The topological polar surface area (TPSA) is 36.3 Å². The number of alkyl halides is 1. The van der Waals surface area contributed by atoms with Crippen LogP contribution in [0.4, 0.5) is 4.39 Å². The van der Waals surface area contributed by atoms with Gasteiger partial charge >= 0.3 is 0 Å². The SMILES string of the molecule is COCCOCCn1c(CCCl)nc2ccc(F)cc21. The quantitative estimate of drug-likeness (QED) is 0.555. The van der Waals surface area contributed by atoms with Crippen LogP contribution >= 0.6 is 11.6 Å². The normalized spacial score (nSPS) is 11.3. The zero-order valence-electron chi connectivity index (χ0n) is 11.4. The van der Waals surface area contributed by atoms with Gasteiger partial charge in [0.05, 0.1) is 30.9 Å². The van der Waals surface area contributed by atoms with Crippen molar-refractivity contribution in [1.29, 1.82) is 0 Å². The molecule has 1 aromatic heterocycles. The van der Waals surface area contributed by atoms with Gasteiger partial charge in [0, 0.05) is 26.0 Å². The van der Waals surface area contributed by atoms with Crippen LogP contribution in [0.5, 0.6) is 0 Å². The highest BCUT2D eigenvalue weighted by Crippen LogP contribution is 2.18. The highest BCUT2D eigenvalue weighted by atomic mass is 35.5. The summed E-state index contributed by atoms with van der Waals surface area (Å²) in [7, 11) is 1.63. The number of hydrogen-bond acceptors (Lipinski definition) is 3. The first-order valence-corrected chi connectivity index (χ1v) is 7.07. The van der Waals surface area contributed by atoms with Crippen molar-refractivity contribution in [3.8, 4) is 0 Å². The summed E-state index contributed by atoms with van der Waals surface area (Å²) >= 11 is 5.79. The second-order valence-corrected chi connectivity index (χ2v) is 4.73. The van der Waals surface area contributed by atoms with Crippen LogP contribution in [0.1, 0.15) is 5.82 Å². The number of nitrogens with zero attached hydrogens (tertiary/aromatic N) is 2. The van der Waals surface area contributed by atoms with Crippen molar-refractivity contribution in [3.05, 3.63) is 29.8 Å². The maximum atomic E-state index is 13.4. The third-order valence-electron chi connectivity index (χ3n) is 3.00. The van der Waals surface area contributed by atoms with Gasteiger partial charge in [0.2, 0.25) is 0 Å². The van der Waals surface area contributed by atoms with Crippen molar-refractivity contribution >= 4 is 22.6 Å². The van der Waals surface area contributed by atoms with Crippen LogP contribution in [-0.4, -0.2) is 42.4 Å². The summed E-state index contributed by atoms with van der Waals surface area (Å²) < 4.78 is 25.7. The van der Waals surface area contributed by atoms with E-state index in [-0.39, 0.29) is 5.82 Å². The molecule has 4 nitrogen and oxygen atoms in total. The number of hydrogen-bond donors (Lipinski definition) is 0. The molecule has 0 radical (unpaired) electrons. The lowest BCUT2D eigenvalue weighted by atomic mass is 10.3. The predicted octanol–water partition coefficient (Wildman–Crippen LogP) is 2.62. The fourth-order valence-corrected chi connectivity index (χ4v) is 2.24. The predicted molar refractivity (Wildman–Crippen MR) is 76.8 cm³/mol. The molecule has 0 saturated carbocycles. The monoisotopic (exact) mass is 300 g/mol. The number of aromatic nitrogens is 2. The minimum atomic E-state index is -0.267. The third kappa shape index (κ3) is 3.69. The summed E-state index contributed by atoms with van der Waals surface area (Å²) in [5.74, 6) is 1.07. The maximum Gasteiger partial charge on any atom is 0.125 e. The van der Waals surface area contributed by atoms with Crippen LogP contribution in [0, 0.1) is 5.82 Å². The van der Waals surface area contributed by atoms with Gasteiger partial charge in [0.15, 0.2) is 0 Å². The number of imidazole rings is 1. The molecular formula is C14H18ClFN2O2. The van der Waals surface area contributed by atoms with Crippen LogP contribution in [0.25, 0.3) is 11.0 Å². The second kappa shape index (κ2) is 7.57. The van der Waals surface area contributed by atoms with Crippen molar-refractivity contribution in [3.63, 3.8) is 0 Å². The van der Waals surface area contributed by atoms with Gasteiger partial charge < -0.3 is 14.0 Å². The van der Waals surface area contributed by atoms with Crippen LogP contribution in [0.3, 0.4) is 0 Å². The molecule has 20 heavy (non-hydrogen) atoms. The second-order valence-electron chi connectivity index (χ2n) is 4.36. The van der Waals surface area contributed by atoms with E-state index in [0.717, 1.165) is 16.9 Å². The lowest BCUT2D eigenvalue weighted by Crippen LogP contribution is -2.12. The molecule has 2 rings (SSSR count). The molecule has 0 N–H and O–H groups in total. The van der Waals surface area contributed by atoms with Gasteiger partial charge in [-0.2, -0.15) is 0 Å². The molecule has 0 bridgehead atoms. The van der Waals surface area contributed by atoms with Gasteiger partial charge in [-0.25, -0.2) is 9.37 Å². The summed E-state index contributed by atoms with van der Waals surface area (Å²) in [6, 6.07) is 4.60. The zero-order valence-corrected chi connectivity index (χ0v) is 12.2. The van der Waals surface area contributed by atoms with Crippen molar-refractivity contribution in [2.45, 2.75) is 13.0 Å². The number of rotatable bonds is 8. The van der Waals surface area contributed by atoms with E-state index in [1.54, 1.807) is 13.2 Å². The smallest absolute Gasteiger partial charge is 0.125 e. The highest BCUT2D eigenvalue weighted by Gasteiger charge is 2.11. The first-order valence-electron chi connectivity index (χ1n) is 6.53. The molecule has 0 aliphatic rings. The average molecular weight is 301 g/mol. The molecule has 110 valence electrons. The molecule has 1 aromatic carbocycles. The molecule has 1 heterocycles. The van der Waals surface area contributed by atoms with Gasteiger partial charge in [-0.15, -0.1) is 11.6 Å². The Hall–Kier alpha value is -1.17. The van der Waals surface area contributed by atoms with Crippen molar-refractivity contribution in [1.82, 2.24) is 9.55 Å². The summed E-state index contributed by atoms with van der Waals surface area (Å²) in [4.78, 5) is 4.49. The molecule has 0 amide bonds. The van der Waals surface area contributed by atoms with Crippen molar-refractivity contribution in [2.24, 2.45) is 0 Å². The van der Waals surface area contributed by atoms with E-state index < -0.39 is 0 Å². The van der Waals surface area contributed by atoms with Crippen molar-refractivity contribution < 1.29 is 13.9 Å². The maximum absolute atomic E-state index is 13.4. The largest absolute Gasteiger partial charge is 0.382 e. The Morgan fingerprint density at radius 3 is 2.90 bits per heavy atom. The molecule has 0 atom stereocenters.